The molecule has 0 spiro atoms. The number of rotatable bonds is 9. The lowest BCUT2D eigenvalue weighted by Crippen LogP contribution is -2.34. The van der Waals surface area contributed by atoms with Gasteiger partial charge in [0.05, 0.1) is 23.1 Å². The zero-order valence-electron chi connectivity index (χ0n) is 19.6. The predicted octanol–water partition coefficient (Wildman–Crippen LogP) is 6.11. The number of anilines is 2. The highest BCUT2D eigenvalue weighted by Crippen LogP contribution is 2.86. The van der Waals surface area contributed by atoms with Crippen molar-refractivity contribution in [3.05, 3.63) is 59.7 Å². The molecular weight excluding hydrogens is 415 g/mol. The molecule has 2 aromatic rings. The van der Waals surface area contributed by atoms with Crippen molar-refractivity contribution in [2.24, 2.45) is 0 Å². The summed E-state index contributed by atoms with van der Waals surface area (Å²) in [6.07, 6.45) is 10.1. The van der Waals surface area contributed by atoms with Crippen molar-refractivity contribution < 1.29 is 0 Å². The molecular formula is C27H37N2PS. The fraction of sp³-hybridized carbons (Fsp3) is 0.556. The van der Waals surface area contributed by atoms with Crippen LogP contribution >= 0.6 is 7.26 Å². The Bertz CT molecular complexity index is 826. The molecule has 0 aliphatic heterocycles. The van der Waals surface area contributed by atoms with E-state index in [0.29, 0.717) is 0 Å². The van der Waals surface area contributed by atoms with E-state index in [-0.39, 0.29) is 4.75 Å². The van der Waals surface area contributed by atoms with E-state index in [2.05, 4.69) is 86.5 Å². The maximum Gasteiger partial charge on any atom is 0.0705 e. The molecule has 31 heavy (non-hydrogen) atoms. The van der Waals surface area contributed by atoms with Crippen LogP contribution in [0.15, 0.2) is 48.5 Å². The maximum atomic E-state index is 6.74. The van der Waals surface area contributed by atoms with E-state index in [1.807, 2.05) is 0 Å². The number of nitrogens with zero attached hydrogens (tertiary/aromatic N) is 2. The van der Waals surface area contributed by atoms with E-state index >= 15 is 0 Å². The van der Waals surface area contributed by atoms with Gasteiger partial charge in [0.1, 0.15) is 0 Å². The fourth-order valence-electron chi connectivity index (χ4n) is 5.74. The summed E-state index contributed by atoms with van der Waals surface area (Å²) in [5, 5.41) is 0. The molecule has 0 atom stereocenters. The first-order valence-electron chi connectivity index (χ1n) is 12.0. The molecule has 4 heteroatoms. The lowest BCUT2D eigenvalue weighted by molar-refractivity contribution is 0.837. The predicted molar refractivity (Wildman–Crippen MR) is 141 cm³/mol. The molecule has 0 saturated heterocycles. The molecule has 5 rings (SSSR count). The van der Waals surface area contributed by atoms with Gasteiger partial charge in [-0.25, -0.2) is 0 Å². The minimum absolute atomic E-state index is 0.308. The van der Waals surface area contributed by atoms with Crippen molar-refractivity contribution in [2.45, 2.75) is 60.2 Å². The molecule has 0 N–H and O–H groups in total. The topological polar surface area (TPSA) is 6.48 Å². The monoisotopic (exact) mass is 452 g/mol. The Hall–Kier alpha value is -1.18. The van der Waals surface area contributed by atoms with E-state index in [9.17, 15) is 0 Å². The van der Waals surface area contributed by atoms with Gasteiger partial charge in [0, 0.05) is 46.8 Å². The summed E-state index contributed by atoms with van der Waals surface area (Å²) in [5.74, 6) is 0. The van der Waals surface area contributed by atoms with Crippen molar-refractivity contribution in [1.29, 1.82) is 0 Å². The van der Waals surface area contributed by atoms with Crippen molar-refractivity contribution in [3.8, 4) is 0 Å². The van der Waals surface area contributed by atoms with Crippen LogP contribution in [0.4, 0.5) is 11.4 Å². The zero-order valence-corrected chi connectivity index (χ0v) is 21.3. The van der Waals surface area contributed by atoms with E-state index in [0.717, 1.165) is 17.0 Å². The van der Waals surface area contributed by atoms with Crippen molar-refractivity contribution in [2.75, 3.05) is 44.2 Å². The van der Waals surface area contributed by atoms with Crippen LogP contribution in [0.1, 0.15) is 49.7 Å². The van der Waals surface area contributed by atoms with E-state index in [1.165, 1.54) is 67.2 Å². The third kappa shape index (κ3) is 4.02. The maximum absolute atomic E-state index is 6.74. The van der Waals surface area contributed by atoms with Crippen LogP contribution in [0, 0.1) is 0 Å². The number of hydrogen-bond acceptors (Lipinski definition) is 3. The van der Waals surface area contributed by atoms with Gasteiger partial charge >= 0.3 is 0 Å². The first kappa shape index (κ1) is 21.7. The standard InChI is InChI=1S/C27H37N2PS/c1-28(2)22-9-5-20(6-10-22)27(31,21-7-11-23(12-8-21)29(3)4)19-30(24-13-14-24,25-15-16-25)26-17-18-26/h5-12,24-26H,13-19H2,1-4H3. The van der Waals surface area contributed by atoms with E-state index < -0.39 is 7.26 Å². The SMILES string of the molecule is CN(C)c1ccc(C([S-])(C[P+](C2CC2)(C2CC2)C2CC2)c2ccc(N(C)C)cc2)cc1. The minimum atomic E-state index is -1.02. The average molecular weight is 453 g/mol. The minimum Gasteiger partial charge on any atom is -0.773 e. The van der Waals surface area contributed by atoms with Gasteiger partial charge in [-0.2, -0.15) is 0 Å². The third-order valence-electron chi connectivity index (χ3n) is 7.88. The summed E-state index contributed by atoms with van der Waals surface area (Å²) < 4.78 is -0.308. The van der Waals surface area contributed by atoms with Crippen LogP contribution in [0.5, 0.6) is 0 Å². The first-order valence-corrected chi connectivity index (χ1v) is 14.6. The van der Waals surface area contributed by atoms with Gasteiger partial charge in [-0.15, -0.1) is 0 Å². The molecule has 2 aromatic carbocycles. The number of hydrogen-bond donors (Lipinski definition) is 0. The van der Waals surface area contributed by atoms with Gasteiger partial charge in [0.2, 0.25) is 0 Å². The van der Waals surface area contributed by atoms with Crippen LogP contribution in [-0.4, -0.2) is 51.3 Å². The molecule has 3 saturated carbocycles. The molecule has 3 fully saturated rings. The molecule has 3 aliphatic carbocycles. The Labute approximate surface area is 195 Å². The highest BCUT2D eigenvalue weighted by molar-refractivity contribution is 7.79. The Balaban J connectivity index is 1.58. The highest BCUT2D eigenvalue weighted by atomic mass is 32.1. The van der Waals surface area contributed by atoms with Crippen LogP contribution in [0.25, 0.3) is 0 Å². The summed E-state index contributed by atoms with van der Waals surface area (Å²) >= 11 is 6.74. The lowest BCUT2D eigenvalue weighted by Gasteiger charge is -2.47. The molecule has 0 unspecified atom stereocenters. The lowest BCUT2D eigenvalue weighted by atomic mass is 9.91. The summed E-state index contributed by atoms with van der Waals surface area (Å²) in [6, 6.07) is 18.3. The van der Waals surface area contributed by atoms with Crippen LogP contribution in [0.3, 0.4) is 0 Å². The summed E-state index contributed by atoms with van der Waals surface area (Å²) in [7, 11) is 7.43. The normalized spacial score (nSPS) is 19.4. The largest absolute Gasteiger partial charge is 0.773 e. The quantitative estimate of drug-likeness (QED) is 0.335. The molecule has 0 amide bonds. The third-order valence-corrected chi connectivity index (χ3v) is 15.4. The van der Waals surface area contributed by atoms with E-state index in [4.69, 9.17) is 12.6 Å². The Morgan fingerprint density at radius 3 is 1.26 bits per heavy atom. The fourth-order valence-corrected chi connectivity index (χ4v) is 13.7. The summed E-state index contributed by atoms with van der Waals surface area (Å²) in [5.41, 5.74) is 8.23. The second kappa shape index (κ2) is 7.99. The van der Waals surface area contributed by atoms with Crippen molar-refractivity contribution in [1.82, 2.24) is 0 Å². The molecule has 0 radical (unpaired) electrons. The number of benzene rings is 2. The Kier molecular flexibility index (Phi) is 5.58. The molecule has 3 aliphatic rings. The average Bonchev–Trinajstić information content (AvgIpc) is 3.62. The Morgan fingerprint density at radius 2 is 1.00 bits per heavy atom. The molecule has 0 bridgehead atoms. The smallest absolute Gasteiger partial charge is 0.0705 e. The first-order chi connectivity index (χ1) is 14.8. The van der Waals surface area contributed by atoms with E-state index in [1.54, 1.807) is 0 Å². The zero-order chi connectivity index (χ0) is 21.8. The van der Waals surface area contributed by atoms with Gasteiger partial charge in [0.25, 0.3) is 0 Å². The molecule has 0 heterocycles. The van der Waals surface area contributed by atoms with Gasteiger partial charge in [-0.1, -0.05) is 40.1 Å². The van der Waals surface area contributed by atoms with Gasteiger partial charge in [-0.05, 0) is 62.8 Å². The second-order valence-electron chi connectivity index (χ2n) is 10.6. The summed E-state index contributed by atoms with van der Waals surface area (Å²) in [6.45, 7) is 0. The summed E-state index contributed by atoms with van der Waals surface area (Å²) in [4.78, 5) is 4.35. The van der Waals surface area contributed by atoms with Crippen LogP contribution in [-0.2, 0) is 17.4 Å². The van der Waals surface area contributed by atoms with Crippen molar-refractivity contribution in [3.63, 3.8) is 0 Å². The van der Waals surface area contributed by atoms with Crippen molar-refractivity contribution >= 4 is 31.3 Å². The Morgan fingerprint density at radius 1 is 0.677 bits per heavy atom. The van der Waals surface area contributed by atoms with Gasteiger partial charge in [-0.3, -0.25) is 0 Å². The van der Waals surface area contributed by atoms with Crippen LogP contribution < -0.4 is 9.80 Å². The second-order valence-corrected chi connectivity index (χ2v) is 15.8. The van der Waals surface area contributed by atoms with Gasteiger partial charge < -0.3 is 22.4 Å². The molecule has 166 valence electrons. The molecule has 2 nitrogen and oxygen atoms in total. The van der Waals surface area contributed by atoms with Crippen LogP contribution in [0.2, 0.25) is 0 Å². The highest BCUT2D eigenvalue weighted by Gasteiger charge is 2.68. The molecule has 0 aromatic heterocycles. The van der Waals surface area contributed by atoms with Gasteiger partial charge in [0.15, 0.2) is 0 Å².